The third kappa shape index (κ3) is 2.51. The first-order valence-corrected chi connectivity index (χ1v) is 7.99. The van der Waals surface area contributed by atoms with Gasteiger partial charge in [-0.3, -0.25) is 4.90 Å². The van der Waals surface area contributed by atoms with Crippen molar-refractivity contribution in [1.82, 2.24) is 9.88 Å². The molecule has 106 valence electrons. The van der Waals surface area contributed by atoms with E-state index in [4.69, 9.17) is 0 Å². The molecule has 3 rings (SSSR count). The third-order valence-electron chi connectivity index (χ3n) is 4.16. The summed E-state index contributed by atoms with van der Waals surface area (Å²) in [6.45, 7) is 5.20. The van der Waals surface area contributed by atoms with Crippen molar-refractivity contribution in [3.63, 3.8) is 0 Å². The first-order valence-electron chi connectivity index (χ1n) is 7.11. The van der Waals surface area contributed by atoms with Crippen LogP contribution in [0.3, 0.4) is 0 Å². The van der Waals surface area contributed by atoms with Crippen molar-refractivity contribution in [2.45, 2.75) is 39.0 Å². The number of hydrogen-bond acceptors (Lipinski definition) is 4. The van der Waals surface area contributed by atoms with Gasteiger partial charge >= 0.3 is 0 Å². The highest BCUT2D eigenvalue weighted by atomic mass is 32.1. The van der Waals surface area contributed by atoms with E-state index < -0.39 is 0 Å². The molecule has 1 unspecified atom stereocenters. The van der Waals surface area contributed by atoms with E-state index in [9.17, 15) is 5.11 Å². The molecule has 1 aromatic heterocycles. The quantitative estimate of drug-likeness (QED) is 0.937. The largest absolute Gasteiger partial charge is 0.378 e. The molecule has 0 saturated carbocycles. The predicted molar refractivity (Wildman–Crippen MR) is 82.6 cm³/mol. The zero-order chi connectivity index (χ0) is 14.1. The van der Waals surface area contributed by atoms with Crippen LogP contribution < -0.4 is 0 Å². The molecule has 1 N–H and O–H groups in total. The van der Waals surface area contributed by atoms with Crippen LogP contribution in [0.1, 0.15) is 37.1 Å². The van der Waals surface area contributed by atoms with Gasteiger partial charge < -0.3 is 5.11 Å². The van der Waals surface area contributed by atoms with E-state index in [-0.39, 0.29) is 12.3 Å². The number of aliphatic hydroxyl groups excluding tert-OH is 1. The molecular formula is C16H20N2OS. The Morgan fingerprint density at radius 1 is 1.35 bits per heavy atom. The monoisotopic (exact) mass is 288 g/mol. The zero-order valence-electron chi connectivity index (χ0n) is 11.9. The SMILES string of the molecule is Cc1ncsc1-c1ccc([C@H](C)N2CCCC2O)cc1. The molecule has 1 aromatic carbocycles. The van der Waals surface area contributed by atoms with Crippen molar-refractivity contribution in [2.24, 2.45) is 0 Å². The Hall–Kier alpha value is -1.23. The second-order valence-corrected chi connectivity index (χ2v) is 6.28. The Morgan fingerprint density at radius 3 is 2.65 bits per heavy atom. The van der Waals surface area contributed by atoms with E-state index in [2.05, 4.69) is 41.1 Å². The Bertz CT molecular complexity index is 578. The molecule has 2 aromatic rings. The van der Waals surface area contributed by atoms with E-state index in [1.165, 1.54) is 16.0 Å². The normalized spacial score (nSPS) is 21.2. The summed E-state index contributed by atoms with van der Waals surface area (Å²) < 4.78 is 0. The van der Waals surface area contributed by atoms with Gasteiger partial charge in [-0.25, -0.2) is 4.98 Å². The number of likely N-dealkylation sites (tertiary alicyclic amines) is 1. The highest BCUT2D eigenvalue weighted by Gasteiger charge is 2.27. The summed E-state index contributed by atoms with van der Waals surface area (Å²) in [5.74, 6) is 0. The minimum absolute atomic E-state index is 0.268. The Kier molecular flexibility index (Phi) is 3.87. The number of aryl methyl sites for hydroxylation is 1. The van der Waals surface area contributed by atoms with E-state index >= 15 is 0 Å². The first kappa shape index (κ1) is 13.7. The average Bonchev–Trinajstić information content (AvgIpc) is 3.07. The fraction of sp³-hybridized carbons (Fsp3) is 0.438. The number of aliphatic hydroxyl groups is 1. The van der Waals surface area contributed by atoms with Crippen LogP contribution in [0.2, 0.25) is 0 Å². The number of aromatic nitrogens is 1. The van der Waals surface area contributed by atoms with Crippen LogP contribution in [0, 0.1) is 6.92 Å². The predicted octanol–water partition coefficient (Wildman–Crippen LogP) is 3.59. The van der Waals surface area contributed by atoms with Gasteiger partial charge in [0.25, 0.3) is 0 Å². The molecular weight excluding hydrogens is 268 g/mol. The van der Waals surface area contributed by atoms with Crippen LogP contribution >= 0.6 is 11.3 Å². The van der Waals surface area contributed by atoms with Gasteiger partial charge in [-0.05, 0) is 37.8 Å². The molecule has 2 heterocycles. The third-order valence-corrected chi connectivity index (χ3v) is 5.14. The molecule has 4 heteroatoms. The lowest BCUT2D eigenvalue weighted by Gasteiger charge is -2.27. The summed E-state index contributed by atoms with van der Waals surface area (Å²) in [6, 6.07) is 8.93. The number of thiazole rings is 1. The molecule has 0 radical (unpaired) electrons. The summed E-state index contributed by atoms with van der Waals surface area (Å²) in [4.78, 5) is 7.72. The lowest BCUT2D eigenvalue weighted by Crippen LogP contribution is -2.31. The van der Waals surface area contributed by atoms with Gasteiger partial charge in [0, 0.05) is 12.6 Å². The van der Waals surface area contributed by atoms with E-state index in [0.29, 0.717) is 0 Å². The minimum atomic E-state index is -0.284. The second-order valence-electron chi connectivity index (χ2n) is 5.43. The fourth-order valence-corrected chi connectivity index (χ4v) is 3.72. The van der Waals surface area contributed by atoms with Crippen LogP contribution in [0.5, 0.6) is 0 Å². The molecule has 0 bridgehead atoms. The van der Waals surface area contributed by atoms with Crippen molar-refractivity contribution >= 4 is 11.3 Å². The van der Waals surface area contributed by atoms with Gasteiger partial charge in [0.15, 0.2) is 0 Å². The zero-order valence-corrected chi connectivity index (χ0v) is 12.7. The molecule has 20 heavy (non-hydrogen) atoms. The highest BCUT2D eigenvalue weighted by molar-refractivity contribution is 7.13. The van der Waals surface area contributed by atoms with E-state index in [1.54, 1.807) is 11.3 Å². The number of benzene rings is 1. The Morgan fingerprint density at radius 2 is 2.10 bits per heavy atom. The van der Waals surface area contributed by atoms with Gasteiger partial charge in [-0.15, -0.1) is 11.3 Å². The van der Waals surface area contributed by atoms with Gasteiger partial charge in [-0.1, -0.05) is 24.3 Å². The Balaban J connectivity index is 1.81. The van der Waals surface area contributed by atoms with Crippen LogP contribution in [0.4, 0.5) is 0 Å². The first-order chi connectivity index (χ1) is 9.66. The van der Waals surface area contributed by atoms with Crippen molar-refractivity contribution < 1.29 is 5.11 Å². The van der Waals surface area contributed by atoms with Crippen LogP contribution in [-0.4, -0.2) is 27.8 Å². The second kappa shape index (κ2) is 5.64. The van der Waals surface area contributed by atoms with Crippen LogP contribution in [0.25, 0.3) is 10.4 Å². The molecule has 1 fully saturated rings. The molecule has 2 atom stereocenters. The fourth-order valence-electron chi connectivity index (χ4n) is 2.91. The molecule has 0 aliphatic carbocycles. The van der Waals surface area contributed by atoms with Gasteiger partial charge in [0.05, 0.1) is 16.1 Å². The maximum atomic E-state index is 9.98. The number of hydrogen-bond donors (Lipinski definition) is 1. The smallest absolute Gasteiger partial charge is 0.107 e. The molecule has 3 nitrogen and oxygen atoms in total. The summed E-state index contributed by atoms with van der Waals surface area (Å²) in [7, 11) is 0. The van der Waals surface area contributed by atoms with Crippen molar-refractivity contribution in [3.05, 3.63) is 41.0 Å². The summed E-state index contributed by atoms with van der Waals surface area (Å²) >= 11 is 1.68. The topological polar surface area (TPSA) is 36.4 Å². The standard InChI is InChI=1S/C16H20N2OS/c1-11-16(20-10-17-11)14-7-5-13(6-8-14)12(2)18-9-3-4-15(18)19/h5-8,10,12,15,19H,3-4,9H2,1-2H3/t12-,15?/m0/s1. The van der Waals surface area contributed by atoms with Crippen molar-refractivity contribution in [1.29, 1.82) is 0 Å². The number of nitrogens with zero attached hydrogens (tertiary/aromatic N) is 2. The lowest BCUT2D eigenvalue weighted by atomic mass is 10.0. The number of rotatable bonds is 3. The lowest BCUT2D eigenvalue weighted by molar-refractivity contribution is 0.0127. The maximum Gasteiger partial charge on any atom is 0.107 e. The van der Waals surface area contributed by atoms with E-state index in [1.807, 2.05) is 12.4 Å². The molecule has 1 saturated heterocycles. The van der Waals surface area contributed by atoms with Gasteiger partial charge in [0.2, 0.25) is 0 Å². The Labute approximate surface area is 123 Å². The van der Waals surface area contributed by atoms with Gasteiger partial charge in [-0.2, -0.15) is 0 Å². The van der Waals surface area contributed by atoms with E-state index in [0.717, 1.165) is 25.1 Å². The maximum absolute atomic E-state index is 9.98. The van der Waals surface area contributed by atoms with Crippen molar-refractivity contribution in [2.75, 3.05) is 6.54 Å². The average molecular weight is 288 g/mol. The molecule has 0 spiro atoms. The van der Waals surface area contributed by atoms with Crippen molar-refractivity contribution in [3.8, 4) is 10.4 Å². The van der Waals surface area contributed by atoms with Crippen LogP contribution in [-0.2, 0) is 0 Å². The molecule has 1 aliphatic heterocycles. The minimum Gasteiger partial charge on any atom is -0.378 e. The van der Waals surface area contributed by atoms with Gasteiger partial charge in [0.1, 0.15) is 6.23 Å². The summed E-state index contributed by atoms with van der Waals surface area (Å²) in [5.41, 5.74) is 5.47. The molecule has 1 aliphatic rings. The highest BCUT2D eigenvalue weighted by Crippen LogP contribution is 2.31. The summed E-state index contributed by atoms with van der Waals surface area (Å²) in [5, 5.41) is 9.98. The molecule has 0 amide bonds. The van der Waals surface area contributed by atoms with Crippen LogP contribution in [0.15, 0.2) is 29.8 Å². The summed E-state index contributed by atoms with van der Waals surface area (Å²) in [6.07, 6.45) is 1.69.